The number of carbonyl (C=O) groups excluding carboxylic acids is 1. The number of fused-ring (bicyclic) bond motifs is 1. The topological polar surface area (TPSA) is 84.0 Å². The van der Waals surface area contributed by atoms with Crippen LogP contribution in [0.3, 0.4) is 0 Å². The summed E-state index contributed by atoms with van der Waals surface area (Å²) in [5.41, 5.74) is 2.37. The Morgan fingerprint density at radius 3 is 2.69 bits per heavy atom. The van der Waals surface area contributed by atoms with Gasteiger partial charge in [-0.15, -0.1) is 0 Å². The number of alkyl halides is 3. The Morgan fingerprint density at radius 2 is 2.03 bits per heavy atom. The molecule has 7 nitrogen and oxygen atoms in total. The average molecular weight is 441 g/mol. The molecule has 0 N–H and O–H groups in total. The zero-order chi connectivity index (χ0) is 23.0. The third-order valence-corrected chi connectivity index (χ3v) is 5.08. The number of nitrogens with zero attached hydrogens (tertiary/aromatic N) is 5. The van der Waals surface area contributed by atoms with Crippen molar-refractivity contribution in [3.8, 4) is 17.6 Å². The fourth-order valence-electron chi connectivity index (χ4n) is 3.37. The lowest BCUT2D eigenvalue weighted by atomic mass is 10.1. The molecule has 0 saturated carbocycles. The Bertz CT molecular complexity index is 1210. The maximum absolute atomic E-state index is 13.1. The average Bonchev–Trinajstić information content (AvgIpc) is 3.32. The van der Waals surface area contributed by atoms with Gasteiger partial charge < -0.3 is 9.64 Å². The van der Waals surface area contributed by atoms with Crippen LogP contribution in [0.15, 0.2) is 42.6 Å². The molecule has 1 unspecified atom stereocenters. The molecule has 3 aromatic rings. The van der Waals surface area contributed by atoms with E-state index in [2.05, 4.69) is 10.1 Å². The highest BCUT2D eigenvalue weighted by Crippen LogP contribution is 2.31. The highest BCUT2D eigenvalue weighted by Gasteiger charge is 2.39. The number of pyridine rings is 1. The highest BCUT2D eigenvalue weighted by molar-refractivity contribution is 5.97. The number of hydrogen-bond donors (Lipinski definition) is 0. The zero-order valence-corrected chi connectivity index (χ0v) is 17.2. The number of amides is 1. The van der Waals surface area contributed by atoms with E-state index in [1.165, 1.54) is 23.1 Å². The first-order chi connectivity index (χ1) is 15.2. The Labute approximate surface area is 181 Å². The van der Waals surface area contributed by atoms with E-state index < -0.39 is 18.2 Å². The fourth-order valence-corrected chi connectivity index (χ4v) is 3.37. The molecule has 4 rings (SSSR count). The first-order valence-corrected chi connectivity index (χ1v) is 9.74. The normalized spacial score (nSPS) is 14.1. The Kier molecular flexibility index (Phi) is 5.34. The Morgan fingerprint density at radius 1 is 1.25 bits per heavy atom. The molecule has 0 radical (unpaired) electrons. The van der Waals surface area contributed by atoms with E-state index >= 15 is 0 Å². The molecule has 1 aliphatic heterocycles. The van der Waals surface area contributed by atoms with Crippen molar-refractivity contribution in [2.75, 3.05) is 0 Å². The number of rotatable bonds is 4. The molecule has 0 saturated heterocycles. The summed E-state index contributed by atoms with van der Waals surface area (Å²) in [7, 11) is 0. The lowest BCUT2D eigenvalue weighted by molar-refractivity contribution is -0.189. The Balaban J connectivity index is 1.57. The molecule has 0 aliphatic carbocycles. The van der Waals surface area contributed by atoms with Crippen molar-refractivity contribution in [1.29, 1.82) is 5.26 Å². The number of ether oxygens (including phenoxy) is 1. The van der Waals surface area contributed by atoms with Crippen molar-refractivity contribution >= 4 is 5.91 Å². The molecule has 1 amide bonds. The Hall–Kier alpha value is -3.87. The fraction of sp³-hybridized carbons (Fsp3) is 0.273. The number of halogens is 3. The number of hydrogen-bond acceptors (Lipinski definition) is 5. The lowest BCUT2D eigenvalue weighted by Crippen LogP contribution is -2.32. The van der Waals surface area contributed by atoms with Gasteiger partial charge in [0.2, 0.25) is 0 Å². The molecule has 164 valence electrons. The van der Waals surface area contributed by atoms with Gasteiger partial charge in [0.25, 0.3) is 5.91 Å². The molecule has 32 heavy (non-hydrogen) atoms. The standard InChI is InChI=1S/C22H18F3N5O2/c1-13-4-3-5-20(27-13)30-11-16-10-29(12-18(16)28-30)21(31)17-8-15(9-26)6-7-19(17)32-14(2)22(23,24)25/h3-8,11,14H,10,12H2,1-2H3. The number of carbonyl (C=O) groups is 1. The van der Waals surface area contributed by atoms with Gasteiger partial charge in [0.1, 0.15) is 5.75 Å². The quantitative estimate of drug-likeness (QED) is 0.613. The second kappa shape index (κ2) is 8.00. The van der Waals surface area contributed by atoms with Gasteiger partial charge in [-0.2, -0.15) is 23.5 Å². The summed E-state index contributed by atoms with van der Waals surface area (Å²) in [5.74, 6) is -0.113. The van der Waals surface area contributed by atoms with Gasteiger partial charge in [0, 0.05) is 24.0 Å². The van der Waals surface area contributed by atoms with Crippen molar-refractivity contribution in [3.63, 3.8) is 0 Å². The summed E-state index contributed by atoms with van der Waals surface area (Å²) in [6, 6.07) is 11.2. The van der Waals surface area contributed by atoms with E-state index in [0.717, 1.165) is 18.2 Å². The SMILES string of the molecule is Cc1cccc(-n2cc3c(n2)CN(C(=O)c2cc(C#N)ccc2OC(C)C(F)(F)F)C3)n1. The second-order valence-electron chi connectivity index (χ2n) is 7.47. The smallest absolute Gasteiger partial charge is 0.425 e. The van der Waals surface area contributed by atoms with E-state index in [-0.39, 0.29) is 30.0 Å². The van der Waals surface area contributed by atoms with Crippen LogP contribution < -0.4 is 4.74 Å². The van der Waals surface area contributed by atoms with Gasteiger partial charge in [0.15, 0.2) is 11.9 Å². The van der Waals surface area contributed by atoms with Crippen LogP contribution >= 0.6 is 0 Å². The van der Waals surface area contributed by atoms with Crippen molar-refractivity contribution in [1.82, 2.24) is 19.7 Å². The van der Waals surface area contributed by atoms with E-state index in [9.17, 15) is 18.0 Å². The minimum Gasteiger partial charge on any atom is -0.480 e. The number of aryl methyl sites for hydroxylation is 1. The van der Waals surface area contributed by atoms with Gasteiger partial charge in [-0.05, 0) is 44.2 Å². The highest BCUT2D eigenvalue weighted by atomic mass is 19.4. The number of benzene rings is 1. The number of nitriles is 1. The predicted molar refractivity (Wildman–Crippen MR) is 107 cm³/mol. The van der Waals surface area contributed by atoms with Crippen LogP contribution in [0.1, 0.15) is 39.8 Å². The molecule has 1 atom stereocenters. The molecule has 0 spiro atoms. The van der Waals surface area contributed by atoms with Crippen LogP contribution in [0.5, 0.6) is 5.75 Å². The minimum absolute atomic E-state index is 0.0986. The van der Waals surface area contributed by atoms with Crippen molar-refractivity contribution in [2.45, 2.75) is 39.2 Å². The molecule has 2 aromatic heterocycles. The first-order valence-electron chi connectivity index (χ1n) is 9.74. The van der Waals surface area contributed by atoms with E-state index in [1.807, 2.05) is 31.2 Å². The van der Waals surface area contributed by atoms with Crippen molar-refractivity contribution in [3.05, 3.63) is 70.7 Å². The zero-order valence-electron chi connectivity index (χ0n) is 17.2. The molecule has 0 bridgehead atoms. The van der Waals surface area contributed by atoms with Gasteiger partial charge in [-0.3, -0.25) is 4.79 Å². The second-order valence-corrected chi connectivity index (χ2v) is 7.47. The maximum Gasteiger partial charge on any atom is 0.425 e. The lowest BCUT2D eigenvalue weighted by Gasteiger charge is -2.22. The van der Waals surface area contributed by atoms with E-state index in [0.29, 0.717) is 11.5 Å². The van der Waals surface area contributed by atoms with Crippen LogP contribution in [0, 0.1) is 18.3 Å². The third-order valence-electron chi connectivity index (χ3n) is 5.08. The number of aromatic nitrogens is 3. The molecule has 10 heteroatoms. The van der Waals surface area contributed by atoms with Gasteiger partial charge in [0.05, 0.1) is 29.4 Å². The predicted octanol–water partition coefficient (Wildman–Crippen LogP) is 3.93. The monoisotopic (exact) mass is 441 g/mol. The molecular weight excluding hydrogens is 423 g/mol. The minimum atomic E-state index is -4.59. The van der Waals surface area contributed by atoms with Crippen LogP contribution in [-0.2, 0) is 13.1 Å². The van der Waals surface area contributed by atoms with Gasteiger partial charge in [-0.1, -0.05) is 6.07 Å². The van der Waals surface area contributed by atoms with Crippen molar-refractivity contribution < 1.29 is 22.7 Å². The van der Waals surface area contributed by atoms with Crippen LogP contribution in [-0.4, -0.2) is 37.9 Å². The maximum atomic E-state index is 13.1. The molecule has 0 fully saturated rings. The summed E-state index contributed by atoms with van der Waals surface area (Å²) in [4.78, 5) is 19.0. The summed E-state index contributed by atoms with van der Waals surface area (Å²) in [6.07, 6.45) is -4.92. The summed E-state index contributed by atoms with van der Waals surface area (Å²) >= 11 is 0. The van der Waals surface area contributed by atoms with E-state index in [1.54, 1.807) is 10.9 Å². The van der Waals surface area contributed by atoms with E-state index in [4.69, 9.17) is 10.00 Å². The largest absolute Gasteiger partial charge is 0.480 e. The molecule has 1 aromatic carbocycles. The molecular formula is C22H18F3N5O2. The van der Waals surface area contributed by atoms with Gasteiger partial charge >= 0.3 is 6.18 Å². The van der Waals surface area contributed by atoms with Crippen LogP contribution in [0.25, 0.3) is 5.82 Å². The summed E-state index contributed by atoms with van der Waals surface area (Å²) in [5, 5.41) is 13.7. The molecule has 1 aliphatic rings. The summed E-state index contributed by atoms with van der Waals surface area (Å²) < 4.78 is 45.6. The van der Waals surface area contributed by atoms with Crippen LogP contribution in [0.2, 0.25) is 0 Å². The van der Waals surface area contributed by atoms with Crippen molar-refractivity contribution in [2.24, 2.45) is 0 Å². The van der Waals surface area contributed by atoms with Crippen LogP contribution in [0.4, 0.5) is 13.2 Å². The van der Waals surface area contributed by atoms with Gasteiger partial charge in [-0.25, -0.2) is 9.67 Å². The first kappa shape index (κ1) is 21.4. The third kappa shape index (κ3) is 4.14. The summed E-state index contributed by atoms with van der Waals surface area (Å²) in [6.45, 7) is 3.14. The molecule has 3 heterocycles.